The van der Waals surface area contributed by atoms with Gasteiger partial charge in [0, 0.05) is 55.9 Å². The lowest BCUT2D eigenvalue weighted by molar-refractivity contribution is -0.121. The summed E-state index contributed by atoms with van der Waals surface area (Å²) in [5.41, 5.74) is 3.13. The highest BCUT2D eigenvalue weighted by Gasteiger charge is 2.38. The first-order valence-electron chi connectivity index (χ1n) is 10.6. The van der Waals surface area contributed by atoms with Gasteiger partial charge in [0.15, 0.2) is 5.69 Å². The summed E-state index contributed by atoms with van der Waals surface area (Å²) < 4.78 is 1.73. The molecular formula is C22H24N8O2. The van der Waals surface area contributed by atoms with Crippen LogP contribution < -0.4 is 5.32 Å². The zero-order chi connectivity index (χ0) is 22.1. The van der Waals surface area contributed by atoms with Crippen LogP contribution in [0.3, 0.4) is 0 Å². The normalized spacial score (nSPS) is 18.3. The van der Waals surface area contributed by atoms with E-state index in [1.165, 1.54) is 0 Å². The standard InChI is InChI=1S/C22H24N8O2/c1-29-10-14(8-25-29)17-11-30(22(32)21-16-4-2-3-5-18(16)27-28-21)12-19(17)26-20(31)7-6-15-9-23-13-24-15/h2-5,8-10,13,17,19H,6-7,11-12H2,1H3,(H,23,24)(H,26,31)(H,27,28)/t17-,19+/m0/s1. The van der Waals surface area contributed by atoms with Crippen LogP contribution in [0.2, 0.25) is 0 Å². The Hall–Kier alpha value is -3.95. The topological polar surface area (TPSA) is 125 Å². The Kier molecular flexibility index (Phi) is 5.18. The molecule has 32 heavy (non-hydrogen) atoms. The Labute approximate surface area is 184 Å². The largest absolute Gasteiger partial charge is 0.351 e. The smallest absolute Gasteiger partial charge is 0.275 e. The monoisotopic (exact) mass is 432 g/mol. The molecule has 2 amide bonds. The summed E-state index contributed by atoms with van der Waals surface area (Å²) in [4.78, 5) is 34.7. The average molecular weight is 432 g/mol. The molecule has 10 heteroatoms. The Morgan fingerprint density at radius 3 is 2.88 bits per heavy atom. The van der Waals surface area contributed by atoms with E-state index >= 15 is 0 Å². The SMILES string of the molecule is Cn1cc([C@@H]2CN(C(=O)c3n[nH]c4ccccc34)C[C@H]2NC(=O)CCc2cnc[nH]2)cn1. The Morgan fingerprint density at radius 2 is 2.09 bits per heavy atom. The molecule has 0 aliphatic carbocycles. The highest BCUT2D eigenvalue weighted by atomic mass is 16.2. The highest BCUT2D eigenvalue weighted by Crippen LogP contribution is 2.29. The molecule has 1 aliphatic heterocycles. The van der Waals surface area contributed by atoms with Gasteiger partial charge in [-0.15, -0.1) is 0 Å². The van der Waals surface area contributed by atoms with Crippen molar-refractivity contribution in [3.8, 4) is 0 Å². The van der Waals surface area contributed by atoms with E-state index in [1.807, 2.05) is 37.5 Å². The molecule has 4 heterocycles. The van der Waals surface area contributed by atoms with Crippen molar-refractivity contribution in [3.05, 3.63) is 66.1 Å². The second kappa shape index (κ2) is 8.29. The van der Waals surface area contributed by atoms with Crippen LogP contribution in [-0.4, -0.2) is 65.8 Å². The fourth-order valence-electron chi connectivity index (χ4n) is 4.31. The minimum absolute atomic E-state index is 0.0473. The van der Waals surface area contributed by atoms with Crippen LogP contribution in [0.4, 0.5) is 0 Å². The molecule has 2 atom stereocenters. The van der Waals surface area contributed by atoms with Gasteiger partial charge in [-0.2, -0.15) is 10.2 Å². The Morgan fingerprint density at radius 1 is 1.22 bits per heavy atom. The number of aromatic nitrogens is 6. The number of para-hydroxylation sites is 1. The number of aromatic amines is 2. The molecule has 1 aromatic carbocycles. The van der Waals surface area contributed by atoms with Crippen LogP contribution in [0.1, 0.15) is 34.1 Å². The fourth-order valence-corrected chi connectivity index (χ4v) is 4.31. The van der Waals surface area contributed by atoms with Crippen molar-refractivity contribution in [2.24, 2.45) is 7.05 Å². The zero-order valence-electron chi connectivity index (χ0n) is 17.7. The number of fused-ring (bicyclic) bond motifs is 1. The van der Waals surface area contributed by atoms with E-state index < -0.39 is 0 Å². The molecule has 3 N–H and O–H groups in total. The van der Waals surface area contributed by atoms with Crippen molar-refractivity contribution in [2.75, 3.05) is 13.1 Å². The van der Waals surface area contributed by atoms with Crippen molar-refractivity contribution in [1.29, 1.82) is 0 Å². The molecule has 164 valence electrons. The molecule has 0 bridgehead atoms. The lowest BCUT2D eigenvalue weighted by Crippen LogP contribution is -2.40. The van der Waals surface area contributed by atoms with Crippen LogP contribution in [0.25, 0.3) is 10.9 Å². The number of nitrogens with zero attached hydrogens (tertiary/aromatic N) is 5. The summed E-state index contributed by atoms with van der Waals surface area (Å²) in [7, 11) is 1.86. The van der Waals surface area contributed by atoms with Crippen LogP contribution in [0.15, 0.2) is 49.2 Å². The van der Waals surface area contributed by atoms with Gasteiger partial charge < -0.3 is 15.2 Å². The molecule has 10 nitrogen and oxygen atoms in total. The number of carbonyl (C=O) groups is 2. The number of hydrogen-bond donors (Lipinski definition) is 3. The van der Waals surface area contributed by atoms with Gasteiger partial charge in [0.25, 0.3) is 5.91 Å². The highest BCUT2D eigenvalue weighted by molar-refractivity contribution is 6.04. The second-order valence-corrected chi connectivity index (χ2v) is 8.13. The predicted molar refractivity (Wildman–Crippen MR) is 117 cm³/mol. The summed E-state index contributed by atoms with van der Waals surface area (Å²) >= 11 is 0. The average Bonchev–Trinajstić information content (AvgIpc) is 3.58. The van der Waals surface area contributed by atoms with Crippen LogP contribution in [0, 0.1) is 0 Å². The van der Waals surface area contributed by atoms with Crippen molar-refractivity contribution in [2.45, 2.75) is 24.8 Å². The third kappa shape index (κ3) is 3.86. The summed E-state index contributed by atoms with van der Waals surface area (Å²) in [5, 5.41) is 15.4. The van der Waals surface area contributed by atoms with Gasteiger partial charge in [0.05, 0.1) is 24.1 Å². The zero-order valence-corrected chi connectivity index (χ0v) is 17.7. The van der Waals surface area contributed by atoms with E-state index in [4.69, 9.17) is 0 Å². The van der Waals surface area contributed by atoms with Gasteiger partial charge in [0.1, 0.15) is 0 Å². The van der Waals surface area contributed by atoms with Crippen LogP contribution in [0.5, 0.6) is 0 Å². The first kappa shape index (κ1) is 20.0. The summed E-state index contributed by atoms with van der Waals surface area (Å²) in [6.45, 7) is 0.895. The minimum Gasteiger partial charge on any atom is -0.351 e. The molecule has 0 unspecified atom stereocenters. The number of carbonyl (C=O) groups excluding carboxylic acids is 2. The lowest BCUT2D eigenvalue weighted by Gasteiger charge is -2.18. The number of hydrogen-bond acceptors (Lipinski definition) is 5. The lowest BCUT2D eigenvalue weighted by atomic mass is 9.97. The molecule has 5 rings (SSSR count). The first-order chi connectivity index (χ1) is 15.6. The van der Waals surface area contributed by atoms with Crippen molar-refractivity contribution in [1.82, 2.24) is 40.2 Å². The molecule has 0 spiro atoms. The van der Waals surface area contributed by atoms with Crippen molar-refractivity contribution >= 4 is 22.7 Å². The predicted octanol–water partition coefficient (Wildman–Crippen LogP) is 1.38. The maximum atomic E-state index is 13.3. The van der Waals surface area contributed by atoms with Gasteiger partial charge in [-0.3, -0.25) is 19.4 Å². The fraction of sp³-hybridized carbons (Fsp3) is 0.318. The number of H-pyrrole nitrogens is 2. The van der Waals surface area contributed by atoms with E-state index in [0.717, 1.165) is 22.2 Å². The number of likely N-dealkylation sites (tertiary alicyclic amines) is 1. The van der Waals surface area contributed by atoms with Gasteiger partial charge in [-0.05, 0) is 18.1 Å². The maximum Gasteiger partial charge on any atom is 0.275 e. The van der Waals surface area contributed by atoms with Gasteiger partial charge >= 0.3 is 0 Å². The number of benzene rings is 1. The second-order valence-electron chi connectivity index (χ2n) is 8.13. The van der Waals surface area contributed by atoms with Crippen LogP contribution >= 0.6 is 0 Å². The van der Waals surface area contributed by atoms with Gasteiger partial charge in [0.2, 0.25) is 5.91 Å². The van der Waals surface area contributed by atoms with E-state index in [-0.39, 0.29) is 23.8 Å². The minimum atomic E-state index is -0.206. The Bertz CT molecular complexity index is 1240. The molecule has 3 aromatic heterocycles. The van der Waals surface area contributed by atoms with E-state index in [9.17, 15) is 9.59 Å². The summed E-state index contributed by atoms with van der Waals surface area (Å²) in [5.74, 6) is -0.252. The maximum absolute atomic E-state index is 13.3. The molecular weight excluding hydrogens is 408 g/mol. The third-order valence-corrected chi connectivity index (χ3v) is 5.96. The van der Waals surface area contributed by atoms with E-state index in [0.29, 0.717) is 31.6 Å². The summed E-state index contributed by atoms with van der Waals surface area (Å²) in [6.07, 6.45) is 7.98. The molecule has 0 radical (unpaired) electrons. The van der Waals surface area contributed by atoms with E-state index in [2.05, 4.69) is 30.6 Å². The number of aryl methyl sites for hydroxylation is 2. The van der Waals surface area contributed by atoms with Gasteiger partial charge in [-0.25, -0.2) is 4.98 Å². The molecule has 1 fully saturated rings. The first-order valence-corrected chi connectivity index (χ1v) is 10.6. The third-order valence-electron chi connectivity index (χ3n) is 5.96. The quantitative estimate of drug-likeness (QED) is 0.425. The van der Waals surface area contributed by atoms with Crippen molar-refractivity contribution < 1.29 is 9.59 Å². The number of nitrogens with one attached hydrogen (secondary N) is 3. The molecule has 4 aromatic rings. The summed E-state index contributed by atoms with van der Waals surface area (Å²) in [6, 6.07) is 7.36. The Balaban J connectivity index is 1.34. The molecule has 0 saturated carbocycles. The number of imidazole rings is 1. The van der Waals surface area contributed by atoms with Gasteiger partial charge in [-0.1, -0.05) is 18.2 Å². The number of amides is 2. The molecule has 1 aliphatic rings. The van der Waals surface area contributed by atoms with Crippen LogP contribution in [-0.2, 0) is 18.3 Å². The van der Waals surface area contributed by atoms with E-state index in [1.54, 1.807) is 28.3 Å². The number of rotatable bonds is 6. The molecule has 1 saturated heterocycles. The van der Waals surface area contributed by atoms with Crippen molar-refractivity contribution in [3.63, 3.8) is 0 Å².